The van der Waals surface area contributed by atoms with Crippen molar-refractivity contribution < 1.29 is 14.6 Å². The van der Waals surface area contributed by atoms with Crippen molar-refractivity contribution >= 4 is 16.9 Å². The van der Waals surface area contributed by atoms with E-state index < -0.39 is 5.97 Å². The minimum Gasteiger partial charge on any atom is -0.462 e. The van der Waals surface area contributed by atoms with Crippen molar-refractivity contribution in [2.24, 2.45) is 0 Å². The number of aromatic nitrogens is 1. The summed E-state index contributed by atoms with van der Waals surface area (Å²) in [6.07, 6.45) is 4.29. The summed E-state index contributed by atoms with van der Waals surface area (Å²) in [6, 6.07) is 5.40. The second-order valence-electron chi connectivity index (χ2n) is 6.00. The van der Waals surface area contributed by atoms with Gasteiger partial charge in [-0.2, -0.15) is 0 Å². The lowest BCUT2D eigenvalue weighted by atomic mass is 10.1. The number of unbranched alkanes of at least 4 members (excludes halogenated alkanes) is 1. The first-order chi connectivity index (χ1) is 11.5. The molecular weight excluding hydrogens is 306 g/mol. The summed E-state index contributed by atoms with van der Waals surface area (Å²) in [6.45, 7) is 5.86. The molecule has 0 saturated carbocycles. The molecule has 0 radical (unpaired) electrons. The number of aliphatic hydroxyl groups excluding tert-OH is 1. The van der Waals surface area contributed by atoms with Crippen molar-refractivity contribution in [2.45, 2.75) is 46.1 Å². The number of ether oxygens (including phenoxy) is 1. The lowest BCUT2D eigenvalue weighted by Crippen LogP contribution is -2.24. The molecule has 1 atom stereocenters. The molecule has 5 heteroatoms. The zero-order valence-electron chi connectivity index (χ0n) is 14.5. The molecule has 0 aliphatic carbocycles. The van der Waals surface area contributed by atoms with Crippen molar-refractivity contribution in [3.05, 3.63) is 45.7 Å². The summed E-state index contributed by atoms with van der Waals surface area (Å²) in [7, 11) is 0. The van der Waals surface area contributed by atoms with Gasteiger partial charge in [-0.05, 0) is 32.4 Å². The fourth-order valence-electron chi connectivity index (χ4n) is 2.88. The van der Waals surface area contributed by atoms with E-state index in [1.165, 1.54) is 6.20 Å². The molecule has 130 valence electrons. The standard InChI is InChI=1S/C19H25NO4/c1-4-6-7-14(12-21)20-11-16(19(23)24-5-2)18(22)15-10-13(3)8-9-17(15)20/h8-11,14,21H,4-7,12H2,1-3H3/t14-/m1/s1. The van der Waals surface area contributed by atoms with Gasteiger partial charge in [0, 0.05) is 11.6 Å². The van der Waals surface area contributed by atoms with Crippen LogP contribution in [-0.4, -0.2) is 28.9 Å². The van der Waals surface area contributed by atoms with E-state index in [1.807, 2.05) is 23.6 Å². The highest BCUT2D eigenvalue weighted by molar-refractivity contribution is 5.94. The molecule has 0 aliphatic heterocycles. The van der Waals surface area contributed by atoms with E-state index in [9.17, 15) is 14.7 Å². The van der Waals surface area contributed by atoms with E-state index in [1.54, 1.807) is 13.0 Å². The Hall–Kier alpha value is -2.14. The van der Waals surface area contributed by atoms with Crippen molar-refractivity contribution in [3.8, 4) is 0 Å². The molecule has 2 aromatic rings. The van der Waals surface area contributed by atoms with Gasteiger partial charge in [0.1, 0.15) is 5.56 Å². The number of hydrogen-bond acceptors (Lipinski definition) is 4. The number of hydrogen-bond donors (Lipinski definition) is 1. The Balaban J connectivity index is 2.70. The maximum absolute atomic E-state index is 12.7. The van der Waals surface area contributed by atoms with Crippen LogP contribution in [0.3, 0.4) is 0 Å². The van der Waals surface area contributed by atoms with Crippen LogP contribution in [0.25, 0.3) is 10.9 Å². The van der Waals surface area contributed by atoms with Crippen LogP contribution in [-0.2, 0) is 4.74 Å². The van der Waals surface area contributed by atoms with Gasteiger partial charge in [0.05, 0.1) is 24.8 Å². The van der Waals surface area contributed by atoms with E-state index in [0.717, 1.165) is 30.3 Å². The van der Waals surface area contributed by atoms with E-state index >= 15 is 0 Å². The topological polar surface area (TPSA) is 68.5 Å². The van der Waals surface area contributed by atoms with Gasteiger partial charge in [-0.25, -0.2) is 4.79 Å². The second kappa shape index (κ2) is 8.11. The smallest absolute Gasteiger partial charge is 0.343 e. The van der Waals surface area contributed by atoms with Gasteiger partial charge in [0.25, 0.3) is 0 Å². The first-order valence-corrected chi connectivity index (χ1v) is 8.46. The summed E-state index contributed by atoms with van der Waals surface area (Å²) in [5, 5.41) is 10.3. The van der Waals surface area contributed by atoms with E-state index in [0.29, 0.717) is 5.39 Å². The van der Waals surface area contributed by atoms with Crippen LogP contribution in [0.4, 0.5) is 0 Å². The quantitative estimate of drug-likeness (QED) is 0.791. The third-order valence-corrected chi connectivity index (χ3v) is 4.18. The molecule has 0 aliphatic rings. The largest absolute Gasteiger partial charge is 0.462 e. The van der Waals surface area contributed by atoms with Crippen molar-refractivity contribution in [3.63, 3.8) is 0 Å². The molecule has 0 fully saturated rings. The van der Waals surface area contributed by atoms with Crippen LogP contribution in [0.15, 0.2) is 29.2 Å². The predicted molar refractivity (Wildman–Crippen MR) is 94.5 cm³/mol. The third kappa shape index (κ3) is 3.67. The predicted octanol–water partition coefficient (Wildman–Crippen LogP) is 3.21. The molecule has 0 unspecified atom stereocenters. The number of aryl methyl sites for hydroxylation is 1. The highest BCUT2D eigenvalue weighted by Gasteiger charge is 2.20. The molecule has 0 saturated heterocycles. The average Bonchev–Trinajstić information content (AvgIpc) is 2.57. The average molecular weight is 331 g/mol. The fraction of sp³-hybridized carbons (Fsp3) is 0.474. The summed E-state index contributed by atoms with van der Waals surface area (Å²) in [5.74, 6) is -0.619. The van der Waals surface area contributed by atoms with E-state index in [4.69, 9.17) is 4.74 Å². The monoisotopic (exact) mass is 331 g/mol. The number of rotatable bonds is 7. The Morgan fingerprint density at radius 2 is 2.08 bits per heavy atom. The van der Waals surface area contributed by atoms with E-state index in [-0.39, 0.29) is 30.2 Å². The van der Waals surface area contributed by atoms with Crippen LogP contribution in [0.5, 0.6) is 0 Å². The lowest BCUT2D eigenvalue weighted by Gasteiger charge is -2.22. The maximum Gasteiger partial charge on any atom is 0.343 e. The molecule has 24 heavy (non-hydrogen) atoms. The first kappa shape index (κ1) is 18.2. The molecular formula is C19H25NO4. The Kier molecular flexibility index (Phi) is 6.15. The molecule has 0 amide bonds. The van der Waals surface area contributed by atoms with Crippen molar-refractivity contribution in [1.29, 1.82) is 0 Å². The van der Waals surface area contributed by atoms with Crippen molar-refractivity contribution in [2.75, 3.05) is 13.2 Å². The van der Waals surface area contributed by atoms with Crippen LogP contribution < -0.4 is 5.43 Å². The van der Waals surface area contributed by atoms with Crippen LogP contribution in [0.2, 0.25) is 0 Å². The molecule has 0 bridgehead atoms. The number of esters is 1. The van der Waals surface area contributed by atoms with Crippen LogP contribution in [0.1, 0.15) is 55.1 Å². The van der Waals surface area contributed by atoms with Crippen LogP contribution in [0, 0.1) is 6.92 Å². The summed E-state index contributed by atoms with van der Waals surface area (Å²) < 4.78 is 6.87. The zero-order chi connectivity index (χ0) is 17.7. The summed E-state index contributed by atoms with van der Waals surface area (Å²) >= 11 is 0. The number of aliphatic hydroxyl groups is 1. The van der Waals surface area contributed by atoms with E-state index in [2.05, 4.69) is 6.92 Å². The number of carbonyl (C=O) groups is 1. The second-order valence-corrected chi connectivity index (χ2v) is 6.00. The number of benzene rings is 1. The maximum atomic E-state index is 12.7. The van der Waals surface area contributed by atoms with Gasteiger partial charge in [0.15, 0.2) is 0 Å². The van der Waals surface area contributed by atoms with Gasteiger partial charge in [-0.15, -0.1) is 0 Å². The number of pyridine rings is 1. The Labute approximate surface area is 141 Å². The fourth-order valence-corrected chi connectivity index (χ4v) is 2.88. The Morgan fingerprint density at radius 3 is 2.71 bits per heavy atom. The Morgan fingerprint density at radius 1 is 1.33 bits per heavy atom. The SMILES string of the molecule is CCCC[C@H](CO)n1cc(C(=O)OCC)c(=O)c2cc(C)ccc21. The van der Waals surface area contributed by atoms with Gasteiger partial charge in [0.2, 0.25) is 5.43 Å². The molecule has 1 aromatic carbocycles. The first-order valence-electron chi connectivity index (χ1n) is 8.46. The molecule has 0 spiro atoms. The number of fused-ring (bicyclic) bond motifs is 1. The van der Waals surface area contributed by atoms with Crippen LogP contribution >= 0.6 is 0 Å². The lowest BCUT2D eigenvalue weighted by molar-refractivity contribution is 0.0523. The van der Waals surface area contributed by atoms with Gasteiger partial charge < -0.3 is 14.4 Å². The zero-order valence-corrected chi connectivity index (χ0v) is 14.5. The molecule has 1 aromatic heterocycles. The third-order valence-electron chi connectivity index (χ3n) is 4.18. The Bertz CT molecular complexity index is 779. The molecule has 2 rings (SSSR count). The number of nitrogens with zero attached hydrogens (tertiary/aromatic N) is 1. The van der Waals surface area contributed by atoms with Gasteiger partial charge in [-0.1, -0.05) is 31.4 Å². The molecule has 1 N–H and O–H groups in total. The minimum atomic E-state index is -0.619. The summed E-state index contributed by atoms with van der Waals surface area (Å²) in [4.78, 5) is 24.9. The molecule has 1 heterocycles. The highest BCUT2D eigenvalue weighted by atomic mass is 16.5. The summed E-state index contributed by atoms with van der Waals surface area (Å²) in [5.41, 5.74) is 1.37. The van der Waals surface area contributed by atoms with Gasteiger partial charge in [-0.3, -0.25) is 4.79 Å². The highest BCUT2D eigenvalue weighted by Crippen LogP contribution is 2.22. The van der Waals surface area contributed by atoms with Crippen molar-refractivity contribution in [1.82, 2.24) is 4.57 Å². The number of carbonyl (C=O) groups excluding carboxylic acids is 1. The van der Waals surface area contributed by atoms with Gasteiger partial charge >= 0.3 is 5.97 Å². The molecule has 5 nitrogen and oxygen atoms in total. The normalized spacial score (nSPS) is 12.3. The minimum absolute atomic E-state index is 0.0184.